The molecule has 0 aliphatic carbocycles. The number of furan rings is 1. The second-order valence-corrected chi connectivity index (χ2v) is 4.15. The third kappa shape index (κ3) is 1.99. The fourth-order valence-electron chi connectivity index (χ4n) is 2.13. The van der Waals surface area contributed by atoms with Crippen molar-refractivity contribution in [3.8, 4) is 0 Å². The first kappa shape index (κ1) is 9.74. The van der Waals surface area contributed by atoms with Gasteiger partial charge in [0.2, 0.25) is 0 Å². The standard InChI is InChI=1S/C11H17NO2/c1-2-12-5-4-11(13,9-12)7-10-3-6-14-8-10/h3,6,8,13H,2,4-5,7,9H2,1H3. The Hall–Kier alpha value is -0.800. The number of hydrogen-bond donors (Lipinski definition) is 1. The normalized spacial score (nSPS) is 28.4. The van der Waals surface area contributed by atoms with Crippen molar-refractivity contribution in [1.82, 2.24) is 4.90 Å². The molecule has 1 fully saturated rings. The number of nitrogens with zero attached hydrogens (tertiary/aromatic N) is 1. The topological polar surface area (TPSA) is 36.6 Å². The molecule has 2 heterocycles. The van der Waals surface area contributed by atoms with Crippen molar-refractivity contribution in [3.63, 3.8) is 0 Å². The minimum Gasteiger partial charge on any atom is -0.472 e. The number of rotatable bonds is 3. The molecule has 0 radical (unpaired) electrons. The Morgan fingerprint density at radius 1 is 1.64 bits per heavy atom. The van der Waals surface area contributed by atoms with E-state index in [0.29, 0.717) is 6.42 Å². The quantitative estimate of drug-likeness (QED) is 0.789. The van der Waals surface area contributed by atoms with Crippen LogP contribution < -0.4 is 0 Å². The molecule has 1 atom stereocenters. The van der Waals surface area contributed by atoms with E-state index in [-0.39, 0.29) is 0 Å². The fraction of sp³-hybridized carbons (Fsp3) is 0.636. The molecule has 0 saturated carbocycles. The van der Waals surface area contributed by atoms with E-state index in [1.165, 1.54) is 0 Å². The predicted molar refractivity (Wildman–Crippen MR) is 54.1 cm³/mol. The van der Waals surface area contributed by atoms with E-state index >= 15 is 0 Å². The Labute approximate surface area is 84.3 Å². The molecule has 1 aliphatic heterocycles. The third-order valence-electron chi connectivity index (χ3n) is 2.97. The highest BCUT2D eigenvalue weighted by Crippen LogP contribution is 2.25. The Bertz CT molecular complexity index is 283. The molecule has 1 N–H and O–H groups in total. The van der Waals surface area contributed by atoms with Gasteiger partial charge in [-0.2, -0.15) is 0 Å². The van der Waals surface area contributed by atoms with Gasteiger partial charge in [-0.25, -0.2) is 0 Å². The summed E-state index contributed by atoms with van der Waals surface area (Å²) in [6.45, 7) is 4.94. The molecule has 0 amide bonds. The van der Waals surface area contributed by atoms with Crippen molar-refractivity contribution < 1.29 is 9.52 Å². The van der Waals surface area contributed by atoms with Crippen molar-refractivity contribution in [2.24, 2.45) is 0 Å². The molecule has 0 bridgehead atoms. The van der Waals surface area contributed by atoms with Crippen LogP contribution in [0.1, 0.15) is 18.9 Å². The smallest absolute Gasteiger partial charge is 0.0935 e. The summed E-state index contributed by atoms with van der Waals surface area (Å²) < 4.78 is 5.00. The Morgan fingerprint density at radius 2 is 2.50 bits per heavy atom. The van der Waals surface area contributed by atoms with Crippen LogP contribution in [-0.4, -0.2) is 35.2 Å². The molecule has 1 aromatic rings. The van der Waals surface area contributed by atoms with Crippen LogP contribution in [0.5, 0.6) is 0 Å². The van der Waals surface area contributed by atoms with Gasteiger partial charge >= 0.3 is 0 Å². The average molecular weight is 195 g/mol. The zero-order chi connectivity index (χ0) is 10.0. The van der Waals surface area contributed by atoms with E-state index in [4.69, 9.17) is 4.42 Å². The lowest BCUT2D eigenvalue weighted by Gasteiger charge is -2.22. The van der Waals surface area contributed by atoms with Crippen LogP contribution in [0.3, 0.4) is 0 Å². The molecule has 78 valence electrons. The van der Waals surface area contributed by atoms with Crippen LogP contribution in [0.15, 0.2) is 23.0 Å². The van der Waals surface area contributed by atoms with E-state index in [2.05, 4.69) is 11.8 Å². The van der Waals surface area contributed by atoms with Crippen LogP contribution >= 0.6 is 0 Å². The fourth-order valence-corrected chi connectivity index (χ4v) is 2.13. The first-order valence-electron chi connectivity index (χ1n) is 5.18. The first-order chi connectivity index (χ1) is 6.72. The van der Waals surface area contributed by atoms with Crippen molar-refractivity contribution >= 4 is 0 Å². The van der Waals surface area contributed by atoms with Crippen LogP contribution in [0.25, 0.3) is 0 Å². The van der Waals surface area contributed by atoms with Gasteiger partial charge in [-0.1, -0.05) is 6.92 Å². The highest BCUT2D eigenvalue weighted by atomic mass is 16.3. The zero-order valence-corrected chi connectivity index (χ0v) is 8.57. The van der Waals surface area contributed by atoms with E-state index in [1.807, 2.05) is 6.07 Å². The molecule has 0 aromatic carbocycles. The van der Waals surface area contributed by atoms with Crippen molar-refractivity contribution in [1.29, 1.82) is 0 Å². The summed E-state index contributed by atoms with van der Waals surface area (Å²) in [6.07, 6.45) is 4.95. The van der Waals surface area contributed by atoms with Crippen LogP contribution in [0.2, 0.25) is 0 Å². The molecule has 2 rings (SSSR count). The van der Waals surface area contributed by atoms with E-state index in [1.54, 1.807) is 12.5 Å². The Morgan fingerprint density at radius 3 is 3.07 bits per heavy atom. The lowest BCUT2D eigenvalue weighted by Crippen LogP contribution is -2.35. The maximum absolute atomic E-state index is 10.3. The second-order valence-electron chi connectivity index (χ2n) is 4.15. The van der Waals surface area contributed by atoms with Crippen molar-refractivity contribution in [2.45, 2.75) is 25.4 Å². The number of hydrogen-bond acceptors (Lipinski definition) is 3. The van der Waals surface area contributed by atoms with Gasteiger partial charge in [0.15, 0.2) is 0 Å². The molecule has 14 heavy (non-hydrogen) atoms. The monoisotopic (exact) mass is 195 g/mol. The first-order valence-corrected chi connectivity index (χ1v) is 5.18. The zero-order valence-electron chi connectivity index (χ0n) is 8.57. The van der Waals surface area contributed by atoms with Gasteiger partial charge in [0.1, 0.15) is 0 Å². The molecule has 1 unspecified atom stereocenters. The maximum atomic E-state index is 10.3. The lowest BCUT2D eigenvalue weighted by molar-refractivity contribution is 0.0501. The number of aliphatic hydroxyl groups is 1. The van der Waals surface area contributed by atoms with Crippen LogP contribution in [-0.2, 0) is 6.42 Å². The summed E-state index contributed by atoms with van der Waals surface area (Å²) in [5, 5.41) is 10.3. The highest BCUT2D eigenvalue weighted by Gasteiger charge is 2.35. The number of likely N-dealkylation sites (tertiary alicyclic amines) is 1. The van der Waals surface area contributed by atoms with E-state index in [9.17, 15) is 5.11 Å². The molecular formula is C11H17NO2. The SMILES string of the molecule is CCN1CCC(O)(Cc2ccoc2)C1. The minimum atomic E-state index is -0.542. The number of β-amino-alcohol motifs (C(OH)–C–C–N with tert-alkyl or cyclic N) is 1. The summed E-state index contributed by atoms with van der Waals surface area (Å²) in [5.41, 5.74) is 0.547. The summed E-state index contributed by atoms with van der Waals surface area (Å²) in [4.78, 5) is 2.28. The lowest BCUT2D eigenvalue weighted by atomic mass is 9.95. The summed E-state index contributed by atoms with van der Waals surface area (Å²) in [7, 11) is 0. The molecule has 1 aromatic heterocycles. The molecule has 0 spiro atoms. The second kappa shape index (κ2) is 3.75. The van der Waals surface area contributed by atoms with Gasteiger partial charge in [-0.05, 0) is 24.6 Å². The average Bonchev–Trinajstić information content (AvgIpc) is 2.76. The van der Waals surface area contributed by atoms with Gasteiger partial charge in [0, 0.05) is 19.5 Å². The largest absolute Gasteiger partial charge is 0.472 e. The van der Waals surface area contributed by atoms with Gasteiger partial charge in [-0.3, -0.25) is 0 Å². The van der Waals surface area contributed by atoms with E-state index < -0.39 is 5.60 Å². The van der Waals surface area contributed by atoms with Crippen LogP contribution in [0.4, 0.5) is 0 Å². The minimum absolute atomic E-state index is 0.542. The van der Waals surface area contributed by atoms with Gasteiger partial charge in [-0.15, -0.1) is 0 Å². The number of likely N-dealkylation sites (N-methyl/N-ethyl adjacent to an activating group) is 1. The van der Waals surface area contributed by atoms with Gasteiger partial charge in [0.05, 0.1) is 18.1 Å². The molecule has 3 heteroatoms. The summed E-state index contributed by atoms with van der Waals surface area (Å²) in [5.74, 6) is 0. The van der Waals surface area contributed by atoms with E-state index in [0.717, 1.165) is 31.6 Å². The Balaban J connectivity index is 1.97. The van der Waals surface area contributed by atoms with Gasteiger partial charge in [0.25, 0.3) is 0 Å². The third-order valence-corrected chi connectivity index (χ3v) is 2.97. The molecule has 1 aliphatic rings. The Kier molecular flexibility index (Phi) is 2.61. The maximum Gasteiger partial charge on any atom is 0.0935 e. The summed E-state index contributed by atoms with van der Waals surface area (Å²) in [6, 6.07) is 1.92. The predicted octanol–water partition coefficient (Wildman–Crippen LogP) is 1.28. The van der Waals surface area contributed by atoms with Crippen LogP contribution in [0, 0.1) is 0 Å². The summed E-state index contributed by atoms with van der Waals surface area (Å²) >= 11 is 0. The highest BCUT2D eigenvalue weighted by molar-refractivity contribution is 5.11. The molecular weight excluding hydrogens is 178 g/mol. The molecule has 3 nitrogen and oxygen atoms in total. The molecule has 1 saturated heterocycles. The van der Waals surface area contributed by atoms with Crippen molar-refractivity contribution in [2.75, 3.05) is 19.6 Å². The van der Waals surface area contributed by atoms with Crippen molar-refractivity contribution in [3.05, 3.63) is 24.2 Å². The van der Waals surface area contributed by atoms with Gasteiger partial charge < -0.3 is 14.4 Å².